The normalized spacial score (nSPS) is 10.5. The summed E-state index contributed by atoms with van der Waals surface area (Å²) in [6, 6.07) is 7.70. The molecule has 2 aromatic rings. The van der Waals surface area contributed by atoms with Crippen LogP contribution >= 0.6 is 0 Å². The van der Waals surface area contributed by atoms with E-state index in [9.17, 15) is 0 Å². The van der Waals surface area contributed by atoms with Gasteiger partial charge >= 0.3 is 0 Å². The molecule has 2 aromatic heterocycles. The number of hydrogen-bond acceptors (Lipinski definition) is 4. The van der Waals surface area contributed by atoms with Gasteiger partial charge in [0.25, 0.3) is 0 Å². The van der Waals surface area contributed by atoms with Crippen LogP contribution in [0.4, 0.5) is 0 Å². The summed E-state index contributed by atoms with van der Waals surface area (Å²) in [5.74, 6) is 2.48. The molecule has 0 bridgehead atoms. The molecule has 17 heavy (non-hydrogen) atoms. The molecule has 2 heterocycles. The predicted molar refractivity (Wildman–Crippen MR) is 64.8 cm³/mol. The zero-order chi connectivity index (χ0) is 12.1. The van der Waals surface area contributed by atoms with Crippen LogP contribution in [0.2, 0.25) is 0 Å². The quantitative estimate of drug-likeness (QED) is 0.859. The molecule has 0 aliphatic rings. The van der Waals surface area contributed by atoms with Crippen LogP contribution in [0.15, 0.2) is 34.9 Å². The molecule has 0 amide bonds. The summed E-state index contributed by atoms with van der Waals surface area (Å²) in [6.07, 6.45) is 1.72. The number of ether oxygens (including phenoxy) is 1. The average Bonchev–Trinajstić information content (AvgIpc) is 2.77. The molecule has 4 nitrogen and oxygen atoms in total. The first-order chi connectivity index (χ1) is 8.28. The fourth-order valence-electron chi connectivity index (χ4n) is 1.46. The van der Waals surface area contributed by atoms with Crippen LogP contribution in [0.1, 0.15) is 17.2 Å². The largest absolute Gasteiger partial charge is 0.484 e. The van der Waals surface area contributed by atoms with Crippen molar-refractivity contribution in [2.75, 3.05) is 7.05 Å². The molecular weight excluding hydrogens is 216 g/mol. The number of rotatable bonds is 5. The molecule has 0 aromatic carbocycles. The van der Waals surface area contributed by atoms with Crippen LogP contribution in [0.5, 0.6) is 5.75 Å². The van der Waals surface area contributed by atoms with Crippen LogP contribution in [0.25, 0.3) is 0 Å². The molecule has 90 valence electrons. The van der Waals surface area contributed by atoms with E-state index in [2.05, 4.69) is 10.3 Å². The van der Waals surface area contributed by atoms with Gasteiger partial charge in [-0.05, 0) is 38.2 Å². The van der Waals surface area contributed by atoms with Crippen LogP contribution in [-0.4, -0.2) is 12.0 Å². The highest BCUT2D eigenvalue weighted by molar-refractivity contribution is 5.19. The minimum Gasteiger partial charge on any atom is -0.484 e. The molecule has 0 radical (unpaired) electrons. The molecule has 0 saturated heterocycles. The van der Waals surface area contributed by atoms with Gasteiger partial charge < -0.3 is 14.5 Å². The van der Waals surface area contributed by atoms with Crippen molar-refractivity contribution < 1.29 is 9.15 Å². The number of nitrogens with zero attached hydrogens (tertiary/aromatic N) is 1. The lowest BCUT2D eigenvalue weighted by molar-refractivity contribution is 0.264. The highest BCUT2D eigenvalue weighted by Gasteiger charge is 2.02. The van der Waals surface area contributed by atoms with E-state index < -0.39 is 0 Å². The third-order valence-electron chi connectivity index (χ3n) is 2.33. The Labute approximate surface area is 101 Å². The van der Waals surface area contributed by atoms with Gasteiger partial charge in [0, 0.05) is 5.69 Å². The first-order valence-corrected chi connectivity index (χ1v) is 5.55. The Bertz CT molecular complexity index is 463. The molecule has 0 unspecified atom stereocenters. The van der Waals surface area contributed by atoms with Crippen molar-refractivity contribution >= 4 is 0 Å². The van der Waals surface area contributed by atoms with Crippen molar-refractivity contribution in [3.63, 3.8) is 0 Å². The highest BCUT2D eigenvalue weighted by Crippen LogP contribution is 2.13. The maximum Gasteiger partial charge on any atom is 0.146 e. The SMILES string of the molecule is CNCc1ccc(COc2ccc(C)nc2)o1. The van der Waals surface area contributed by atoms with Crippen LogP contribution in [0.3, 0.4) is 0 Å². The average molecular weight is 232 g/mol. The maximum atomic E-state index is 5.56. The molecule has 0 fully saturated rings. The lowest BCUT2D eigenvalue weighted by Crippen LogP contribution is -2.03. The summed E-state index contributed by atoms with van der Waals surface area (Å²) < 4.78 is 11.1. The second-order valence-corrected chi connectivity index (χ2v) is 3.82. The molecular formula is C13H16N2O2. The first kappa shape index (κ1) is 11.7. The summed E-state index contributed by atoms with van der Waals surface area (Å²) in [5, 5.41) is 3.03. The van der Waals surface area contributed by atoms with Crippen LogP contribution < -0.4 is 10.1 Å². The van der Waals surface area contributed by atoms with E-state index in [0.29, 0.717) is 6.61 Å². The van der Waals surface area contributed by atoms with Gasteiger partial charge in [-0.1, -0.05) is 0 Å². The van der Waals surface area contributed by atoms with Gasteiger partial charge in [-0.3, -0.25) is 4.98 Å². The molecule has 0 aliphatic carbocycles. The third-order valence-corrected chi connectivity index (χ3v) is 2.33. The fourth-order valence-corrected chi connectivity index (χ4v) is 1.46. The molecule has 1 N–H and O–H groups in total. The monoisotopic (exact) mass is 232 g/mol. The van der Waals surface area contributed by atoms with Gasteiger partial charge in [0.05, 0.1) is 12.7 Å². The van der Waals surface area contributed by atoms with Crippen molar-refractivity contribution in [1.82, 2.24) is 10.3 Å². The second kappa shape index (κ2) is 5.50. The molecule has 4 heteroatoms. The van der Waals surface area contributed by atoms with Crippen molar-refractivity contribution in [2.24, 2.45) is 0 Å². The van der Waals surface area contributed by atoms with E-state index in [4.69, 9.17) is 9.15 Å². The van der Waals surface area contributed by atoms with E-state index in [0.717, 1.165) is 29.5 Å². The molecule has 0 saturated carbocycles. The Hall–Kier alpha value is -1.81. The Morgan fingerprint density at radius 1 is 1.24 bits per heavy atom. The lowest BCUT2D eigenvalue weighted by atomic mass is 10.4. The second-order valence-electron chi connectivity index (χ2n) is 3.82. The van der Waals surface area contributed by atoms with Gasteiger partial charge in [-0.15, -0.1) is 0 Å². The Kier molecular flexibility index (Phi) is 3.77. The molecule has 0 atom stereocenters. The first-order valence-electron chi connectivity index (χ1n) is 5.55. The number of furan rings is 1. The topological polar surface area (TPSA) is 47.3 Å². The zero-order valence-corrected chi connectivity index (χ0v) is 10.1. The van der Waals surface area contributed by atoms with Crippen molar-refractivity contribution in [1.29, 1.82) is 0 Å². The van der Waals surface area contributed by atoms with Gasteiger partial charge in [0.1, 0.15) is 23.9 Å². The standard InChI is InChI=1S/C13H16N2O2/c1-10-3-4-11(8-15-10)16-9-13-6-5-12(17-13)7-14-2/h3-6,8,14H,7,9H2,1-2H3. The lowest BCUT2D eigenvalue weighted by Gasteiger charge is -2.03. The number of nitrogens with one attached hydrogen (secondary N) is 1. The smallest absolute Gasteiger partial charge is 0.146 e. The Balaban J connectivity index is 1.90. The van der Waals surface area contributed by atoms with Gasteiger partial charge in [0.15, 0.2) is 0 Å². The summed E-state index contributed by atoms with van der Waals surface area (Å²) >= 11 is 0. The van der Waals surface area contributed by atoms with Crippen molar-refractivity contribution in [2.45, 2.75) is 20.1 Å². The van der Waals surface area contributed by atoms with Gasteiger partial charge in [-0.25, -0.2) is 0 Å². The number of hydrogen-bond donors (Lipinski definition) is 1. The van der Waals surface area contributed by atoms with E-state index >= 15 is 0 Å². The van der Waals surface area contributed by atoms with E-state index in [1.807, 2.05) is 38.2 Å². The minimum atomic E-state index is 0.425. The van der Waals surface area contributed by atoms with Crippen molar-refractivity contribution in [3.8, 4) is 5.75 Å². The summed E-state index contributed by atoms with van der Waals surface area (Å²) in [5.41, 5.74) is 0.978. The number of pyridine rings is 1. The van der Waals surface area contributed by atoms with Gasteiger partial charge in [0.2, 0.25) is 0 Å². The Morgan fingerprint density at radius 3 is 2.76 bits per heavy atom. The van der Waals surface area contributed by atoms with Crippen LogP contribution in [-0.2, 0) is 13.2 Å². The van der Waals surface area contributed by atoms with E-state index in [1.165, 1.54) is 0 Å². The maximum absolute atomic E-state index is 5.56. The summed E-state index contributed by atoms with van der Waals surface area (Å²) in [6.45, 7) is 3.10. The minimum absolute atomic E-state index is 0.425. The molecule has 2 rings (SSSR count). The summed E-state index contributed by atoms with van der Waals surface area (Å²) in [4.78, 5) is 4.16. The van der Waals surface area contributed by atoms with E-state index in [1.54, 1.807) is 6.20 Å². The van der Waals surface area contributed by atoms with Crippen LogP contribution in [0, 0.1) is 6.92 Å². The molecule has 0 aliphatic heterocycles. The zero-order valence-electron chi connectivity index (χ0n) is 10.1. The Morgan fingerprint density at radius 2 is 2.06 bits per heavy atom. The van der Waals surface area contributed by atoms with E-state index in [-0.39, 0.29) is 0 Å². The number of aromatic nitrogens is 1. The fraction of sp³-hybridized carbons (Fsp3) is 0.308. The third kappa shape index (κ3) is 3.32. The van der Waals surface area contributed by atoms with Gasteiger partial charge in [-0.2, -0.15) is 0 Å². The highest BCUT2D eigenvalue weighted by atomic mass is 16.5. The number of aryl methyl sites for hydroxylation is 1. The predicted octanol–water partition coefficient (Wildman–Crippen LogP) is 2.28. The van der Waals surface area contributed by atoms with Crippen molar-refractivity contribution in [3.05, 3.63) is 47.7 Å². The molecule has 0 spiro atoms. The summed E-state index contributed by atoms with van der Waals surface area (Å²) in [7, 11) is 1.89.